The van der Waals surface area contributed by atoms with Crippen molar-refractivity contribution in [2.75, 3.05) is 0 Å². The molecule has 0 radical (unpaired) electrons. The zero-order valence-electron chi connectivity index (χ0n) is 15.9. The molecule has 7 heteroatoms. The molecule has 1 saturated carbocycles. The molecule has 3 aromatic heterocycles. The van der Waals surface area contributed by atoms with Gasteiger partial charge < -0.3 is 9.73 Å². The van der Waals surface area contributed by atoms with Crippen LogP contribution < -0.4 is 5.32 Å². The van der Waals surface area contributed by atoms with Crippen LogP contribution in [0.1, 0.15) is 36.4 Å². The highest BCUT2D eigenvalue weighted by Crippen LogP contribution is 2.42. The average molecular weight is 424 g/mol. The van der Waals surface area contributed by atoms with Crippen molar-refractivity contribution < 1.29 is 9.21 Å². The van der Waals surface area contributed by atoms with Gasteiger partial charge in [-0.2, -0.15) is 0 Å². The molecule has 148 valence electrons. The summed E-state index contributed by atoms with van der Waals surface area (Å²) in [6, 6.07) is 12.1. The predicted octanol–water partition coefficient (Wildman–Crippen LogP) is 5.43. The maximum Gasteiger partial charge on any atom is 0.236 e. The van der Waals surface area contributed by atoms with Gasteiger partial charge in [0.2, 0.25) is 11.8 Å². The van der Waals surface area contributed by atoms with Crippen LogP contribution in [0.3, 0.4) is 0 Å². The van der Waals surface area contributed by atoms with Crippen LogP contribution in [0.5, 0.6) is 0 Å². The van der Waals surface area contributed by atoms with Gasteiger partial charge in [0.15, 0.2) is 0 Å². The highest BCUT2D eigenvalue weighted by molar-refractivity contribution is 7.18. The van der Waals surface area contributed by atoms with E-state index >= 15 is 0 Å². The third kappa shape index (κ3) is 3.72. The molecule has 0 aliphatic heterocycles. The molecule has 5 rings (SSSR count). The van der Waals surface area contributed by atoms with Gasteiger partial charge in [-0.15, -0.1) is 22.7 Å². The third-order valence-corrected chi connectivity index (χ3v) is 7.48. The molecule has 4 aromatic rings. The Morgan fingerprint density at radius 2 is 2.00 bits per heavy atom. The second-order valence-corrected chi connectivity index (χ2v) is 9.61. The van der Waals surface area contributed by atoms with Gasteiger partial charge in [0.1, 0.15) is 6.26 Å². The Morgan fingerprint density at radius 3 is 2.79 bits per heavy atom. The summed E-state index contributed by atoms with van der Waals surface area (Å²) in [5.74, 6) is 0.712. The van der Waals surface area contributed by atoms with Crippen molar-refractivity contribution in [1.82, 2.24) is 15.3 Å². The van der Waals surface area contributed by atoms with Gasteiger partial charge in [-0.25, -0.2) is 9.97 Å². The molecular weight excluding hydrogens is 402 g/mol. The number of thiophene rings is 1. The summed E-state index contributed by atoms with van der Waals surface area (Å²) in [4.78, 5) is 23.5. The quantitative estimate of drug-likeness (QED) is 0.449. The van der Waals surface area contributed by atoms with Gasteiger partial charge in [-0.3, -0.25) is 4.79 Å². The third-order valence-electron chi connectivity index (χ3n) is 5.58. The lowest BCUT2D eigenvalue weighted by Crippen LogP contribution is -2.40. The Kier molecular flexibility index (Phi) is 4.93. The van der Waals surface area contributed by atoms with Gasteiger partial charge in [0, 0.05) is 6.42 Å². The fourth-order valence-corrected chi connectivity index (χ4v) is 5.85. The van der Waals surface area contributed by atoms with E-state index in [2.05, 4.69) is 16.4 Å². The van der Waals surface area contributed by atoms with Crippen molar-refractivity contribution in [1.29, 1.82) is 0 Å². The van der Waals surface area contributed by atoms with Crippen LogP contribution in [0, 0.1) is 5.41 Å². The number of amides is 1. The molecule has 1 fully saturated rings. The Bertz CT molecular complexity index is 1090. The second kappa shape index (κ2) is 7.72. The molecule has 1 aromatic carbocycles. The zero-order valence-corrected chi connectivity index (χ0v) is 17.5. The smallest absolute Gasteiger partial charge is 0.236 e. The molecule has 1 amide bonds. The zero-order chi connectivity index (χ0) is 19.7. The van der Waals surface area contributed by atoms with Gasteiger partial charge >= 0.3 is 0 Å². The predicted molar refractivity (Wildman–Crippen MR) is 116 cm³/mol. The van der Waals surface area contributed by atoms with Crippen LogP contribution in [-0.4, -0.2) is 15.9 Å². The number of aromatic nitrogens is 2. The number of benzene rings is 1. The number of nitrogens with zero attached hydrogens (tertiary/aromatic N) is 2. The number of carbonyl (C=O) groups excluding carboxylic acids is 1. The number of hydrogen-bond acceptors (Lipinski definition) is 6. The molecule has 1 N–H and O–H groups in total. The van der Waals surface area contributed by atoms with Crippen LogP contribution in [0.4, 0.5) is 0 Å². The summed E-state index contributed by atoms with van der Waals surface area (Å²) in [6.07, 6.45) is 6.33. The summed E-state index contributed by atoms with van der Waals surface area (Å²) in [5, 5.41) is 6.15. The van der Waals surface area contributed by atoms with E-state index in [0.717, 1.165) is 46.8 Å². The van der Waals surface area contributed by atoms with Crippen molar-refractivity contribution in [3.63, 3.8) is 0 Å². The molecule has 1 aliphatic rings. The maximum absolute atomic E-state index is 13.2. The molecule has 29 heavy (non-hydrogen) atoms. The Labute approximate surface area is 176 Å². The summed E-state index contributed by atoms with van der Waals surface area (Å²) in [7, 11) is 0. The number of carbonyl (C=O) groups is 1. The van der Waals surface area contributed by atoms with E-state index < -0.39 is 0 Å². The van der Waals surface area contributed by atoms with Crippen molar-refractivity contribution in [3.8, 4) is 10.8 Å². The minimum atomic E-state index is -0.367. The first kappa shape index (κ1) is 18.5. The lowest BCUT2D eigenvalue weighted by molar-refractivity contribution is -0.131. The average Bonchev–Trinajstić information content (AvgIpc) is 3.52. The largest absolute Gasteiger partial charge is 0.443 e. The van der Waals surface area contributed by atoms with Gasteiger partial charge in [-0.1, -0.05) is 31.0 Å². The van der Waals surface area contributed by atoms with E-state index in [9.17, 15) is 4.79 Å². The van der Waals surface area contributed by atoms with Crippen LogP contribution in [0.25, 0.3) is 21.0 Å². The number of hydrogen-bond donors (Lipinski definition) is 1. The van der Waals surface area contributed by atoms with Crippen LogP contribution in [0.2, 0.25) is 0 Å². The topological polar surface area (TPSA) is 68.0 Å². The summed E-state index contributed by atoms with van der Waals surface area (Å²) >= 11 is 3.29. The second-order valence-electron chi connectivity index (χ2n) is 7.54. The number of oxazole rings is 1. The first-order valence-electron chi connectivity index (χ1n) is 9.83. The number of para-hydroxylation sites is 1. The van der Waals surface area contributed by atoms with Gasteiger partial charge in [-0.05, 0) is 36.4 Å². The van der Waals surface area contributed by atoms with E-state index in [1.165, 1.54) is 4.70 Å². The Balaban J connectivity index is 1.29. The van der Waals surface area contributed by atoms with E-state index in [-0.39, 0.29) is 11.3 Å². The fourth-order valence-electron chi connectivity index (χ4n) is 4.08. The number of fused-ring (bicyclic) bond motifs is 1. The van der Waals surface area contributed by atoms with Crippen molar-refractivity contribution in [2.45, 2.75) is 38.6 Å². The summed E-state index contributed by atoms with van der Waals surface area (Å²) in [5.41, 5.74) is 1.40. The standard InChI is InChI=1S/C22H21N3O2S2/c26-21(23-13-15-14-27-20(24-15)18-8-5-11-28-18)22(9-3-4-10-22)12-19-25-16-6-1-2-7-17(16)29-19/h1-2,5-8,11,14H,3-4,9-10,12-13H2,(H,23,26). The van der Waals surface area contributed by atoms with Crippen molar-refractivity contribution in [2.24, 2.45) is 5.41 Å². The Hall–Kier alpha value is -2.51. The molecule has 3 heterocycles. The minimum absolute atomic E-state index is 0.106. The van der Waals surface area contributed by atoms with E-state index in [4.69, 9.17) is 9.40 Å². The number of nitrogens with one attached hydrogen (secondary N) is 1. The highest BCUT2D eigenvalue weighted by atomic mass is 32.1. The van der Waals surface area contributed by atoms with Crippen LogP contribution >= 0.6 is 22.7 Å². The molecule has 5 nitrogen and oxygen atoms in total. The fraction of sp³-hybridized carbons (Fsp3) is 0.318. The van der Waals surface area contributed by atoms with E-state index in [1.807, 2.05) is 35.7 Å². The molecule has 0 spiro atoms. The molecular formula is C22H21N3O2S2. The lowest BCUT2D eigenvalue weighted by atomic mass is 9.82. The highest BCUT2D eigenvalue weighted by Gasteiger charge is 2.41. The molecule has 0 atom stereocenters. The molecule has 1 aliphatic carbocycles. The number of thiazole rings is 1. The van der Waals surface area contributed by atoms with E-state index in [1.54, 1.807) is 28.9 Å². The molecule has 0 unspecified atom stereocenters. The first-order valence-corrected chi connectivity index (χ1v) is 11.5. The summed E-state index contributed by atoms with van der Waals surface area (Å²) in [6.45, 7) is 0.384. The Morgan fingerprint density at radius 1 is 1.14 bits per heavy atom. The molecule has 0 saturated heterocycles. The van der Waals surface area contributed by atoms with Crippen molar-refractivity contribution >= 4 is 38.8 Å². The monoisotopic (exact) mass is 423 g/mol. The maximum atomic E-state index is 13.2. The number of rotatable bonds is 6. The normalized spacial score (nSPS) is 15.7. The lowest BCUT2D eigenvalue weighted by Gasteiger charge is -2.26. The van der Waals surface area contributed by atoms with Gasteiger partial charge in [0.05, 0.1) is 37.8 Å². The van der Waals surface area contributed by atoms with Crippen molar-refractivity contribution in [3.05, 3.63) is 58.7 Å². The minimum Gasteiger partial charge on any atom is -0.443 e. The summed E-state index contributed by atoms with van der Waals surface area (Å²) < 4.78 is 6.74. The first-order chi connectivity index (χ1) is 14.2. The van der Waals surface area contributed by atoms with E-state index in [0.29, 0.717) is 18.9 Å². The van der Waals surface area contributed by atoms with Crippen LogP contribution in [0.15, 0.2) is 52.5 Å². The SMILES string of the molecule is O=C(NCc1coc(-c2cccs2)n1)C1(Cc2nc3ccccc3s2)CCCC1. The van der Waals surface area contributed by atoms with Gasteiger partial charge in [0.25, 0.3) is 0 Å². The molecule has 0 bridgehead atoms. The van der Waals surface area contributed by atoms with Crippen LogP contribution in [-0.2, 0) is 17.8 Å².